The summed E-state index contributed by atoms with van der Waals surface area (Å²) in [6.45, 7) is 0. The van der Waals surface area contributed by atoms with Crippen LogP contribution >= 0.6 is 0 Å². The number of hydrogen-bond donors (Lipinski definition) is 1. The molecule has 1 N–H and O–H groups in total. The topological polar surface area (TPSA) is 80.3 Å². The van der Waals surface area contributed by atoms with Gasteiger partial charge in [0.25, 0.3) is 0 Å². The van der Waals surface area contributed by atoms with Gasteiger partial charge in [-0.1, -0.05) is 11.9 Å². The summed E-state index contributed by atoms with van der Waals surface area (Å²) in [7, 11) is -11.0. The van der Waals surface area contributed by atoms with Crippen LogP contribution in [0, 0.1) is 0 Å². The van der Waals surface area contributed by atoms with E-state index in [9.17, 15) is 24.6 Å². The van der Waals surface area contributed by atoms with E-state index in [4.69, 9.17) is 0 Å². The Morgan fingerprint density at radius 2 is 1.10 bits per heavy atom. The molecule has 0 heterocycles. The zero-order valence-electron chi connectivity index (χ0n) is 3.71. The monoisotopic (exact) mass is 315 g/mol. The fourth-order valence-electron chi connectivity index (χ4n) is 0.119. The molecule has 0 bridgehead atoms. The SMILES string of the molecule is O=S(=O)(F)NS(=O)(=O)F.[CsH]. The molecular formula is H2CsF2NO4S2. The molecule has 58 valence electrons. The van der Waals surface area contributed by atoms with Crippen LogP contribution in [-0.2, 0) is 20.8 Å². The minimum absolute atomic E-state index is 0. The Labute approximate surface area is 116 Å². The fraction of sp³-hybridized carbons (Fsp3) is 0. The molecule has 0 atom stereocenters. The Kier molecular flexibility index (Phi) is 6.74. The molecule has 0 rings (SSSR count). The molecule has 0 amide bonds. The van der Waals surface area contributed by atoms with Crippen LogP contribution in [0.25, 0.3) is 0 Å². The van der Waals surface area contributed by atoms with Gasteiger partial charge in [0.2, 0.25) is 0 Å². The Bertz CT molecular complexity index is 246. The molecule has 0 radical (unpaired) electrons. The quantitative estimate of drug-likeness (QED) is 0.620. The van der Waals surface area contributed by atoms with Gasteiger partial charge in [0, 0.05) is 0 Å². The van der Waals surface area contributed by atoms with Crippen LogP contribution in [0.15, 0.2) is 0 Å². The predicted molar refractivity (Wildman–Crippen MR) is 30.3 cm³/mol. The van der Waals surface area contributed by atoms with Crippen molar-refractivity contribution in [3.63, 3.8) is 0 Å². The van der Waals surface area contributed by atoms with Gasteiger partial charge in [0.1, 0.15) is 0 Å². The van der Waals surface area contributed by atoms with Crippen molar-refractivity contribution >= 4 is 89.7 Å². The van der Waals surface area contributed by atoms with E-state index in [0.29, 0.717) is 0 Å². The van der Waals surface area contributed by atoms with Crippen LogP contribution in [0.1, 0.15) is 0 Å². The minimum atomic E-state index is -5.49. The van der Waals surface area contributed by atoms with Gasteiger partial charge in [-0.15, -0.1) is 0 Å². The van der Waals surface area contributed by atoms with Gasteiger partial charge >= 0.3 is 89.7 Å². The molecule has 0 saturated carbocycles. The molecule has 0 aliphatic carbocycles. The second-order valence-electron chi connectivity index (χ2n) is 0.959. The molecule has 0 aromatic carbocycles. The standard InChI is InChI=1S/Cs.F2HNO4S2.H/c;1-8(4,5)3-9(2,6)7;/h;3H;. The van der Waals surface area contributed by atoms with E-state index in [1.807, 2.05) is 0 Å². The van der Waals surface area contributed by atoms with E-state index >= 15 is 0 Å². The van der Waals surface area contributed by atoms with Crippen LogP contribution in [0.2, 0.25) is 0 Å². The molecular weight excluding hydrogens is 313 g/mol. The zero-order valence-corrected chi connectivity index (χ0v) is 5.34. The second kappa shape index (κ2) is 4.71. The molecule has 0 aromatic rings. The molecule has 0 aliphatic heterocycles. The summed E-state index contributed by atoms with van der Waals surface area (Å²) in [6, 6.07) is 0. The number of rotatable bonds is 2. The molecule has 0 aromatic heterocycles. The summed E-state index contributed by atoms with van der Waals surface area (Å²) in [5, 5.41) is 0. The van der Waals surface area contributed by atoms with Gasteiger partial charge < -0.3 is 0 Å². The van der Waals surface area contributed by atoms with Crippen molar-refractivity contribution in [3.05, 3.63) is 0 Å². The average Bonchev–Trinajstić information content (AvgIpc) is 1.14. The predicted octanol–water partition coefficient (Wildman–Crippen LogP) is -1.64. The van der Waals surface area contributed by atoms with E-state index in [1.165, 1.54) is 0 Å². The maximum atomic E-state index is 11.1. The number of halogens is 2. The number of hydrogen-bond acceptors (Lipinski definition) is 4. The summed E-state index contributed by atoms with van der Waals surface area (Å²) in [5.41, 5.74) is 0. The van der Waals surface area contributed by atoms with Crippen molar-refractivity contribution in [2.24, 2.45) is 0 Å². The summed E-state index contributed by atoms with van der Waals surface area (Å²) in [6.07, 6.45) is 0. The fourth-order valence-corrected chi connectivity index (χ4v) is 1.07. The normalized spacial score (nSPS) is 12.2. The van der Waals surface area contributed by atoms with Crippen molar-refractivity contribution in [3.8, 4) is 0 Å². The molecule has 0 aliphatic rings. The first-order valence-electron chi connectivity index (χ1n) is 1.38. The third-order valence-electron chi connectivity index (χ3n) is 0.199. The van der Waals surface area contributed by atoms with Crippen LogP contribution in [0.3, 0.4) is 0 Å². The van der Waals surface area contributed by atoms with Crippen molar-refractivity contribution in [2.45, 2.75) is 0 Å². The first kappa shape index (κ1) is 14.3. The van der Waals surface area contributed by atoms with Crippen molar-refractivity contribution in [1.29, 1.82) is 0 Å². The maximum absolute atomic E-state index is 11.1. The zero-order chi connectivity index (χ0) is 7.71. The van der Waals surface area contributed by atoms with Crippen molar-refractivity contribution in [2.75, 3.05) is 0 Å². The Hall–Kier alpha value is 1.77. The second-order valence-corrected chi connectivity index (χ2v) is 3.38. The van der Waals surface area contributed by atoms with E-state index in [2.05, 4.69) is 0 Å². The van der Waals surface area contributed by atoms with Gasteiger partial charge in [-0.3, -0.25) is 0 Å². The van der Waals surface area contributed by atoms with E-state index in [0.717, 1.165) is 0 Å². The van der Waals surface area contributed by atoms with Crippen molar-refractivity contribution in [1.82, 2.24) is 4.13 Å². The molecule has 10 heteroatoms. The van der Waals surface area contributed by atoms with Crippen LogP contribution < -0.4 is 4.13 Å². The summed E-state index contributed by atoms with van der Waals surface area (Å²) < 4.78 is 59.3. The Balaban J connectivity index is 0. The average molecular weight is 315 g/mol. The first-order chi connectivity index (χ1) is 3.71. The third-order valence-corrected chi connectivity index (χ3v) is 1.79. The van der Waals surface area contributed by atoms with Crippen molar-refractivity contribution < 1.29 is 24.6 Å². The molecule has 0 spiro atoms. The molecule has 10 heavy (non-hydrogen) atoms. The van der Waals surface area contributed by atoms with E-state index in [1.54, 1.807) is 0 Å². The summed E-state index contributed by atoms with van der Waals surface area (Å²) in [4.78, 5) is 0. The first-order valence-corrected chi connectivity index (χ1v) is 4.15. The Morgan fingerprint density at radius 3 is 1.10 bits per heavy atom. The molecule has 0 fully saturated rings. The van der Waals surface area contributed by atoms with Gasteiger partial charge in [-0.2, -0.15) is 16.8 Å². The van der Waals surface area contributed by atoms with Gasteiger partial charge in [0.15, 0.2) is 0 Å². The molecule has 0 saturated heterocycles. The molecule has 0 unspecified atom stereocenters. The Morgan fingerprint density at radius 1 is 0.900 bits per heavy atom. The third kappa shape index (κ3) is 12.4. The van der Waals surface area contributed by atoms with Crippen LogP contribution in [-0.4, -0.2) is 85.7 Å². The van der Waals surface area contributed by atoms with Crippen LogP contribution in [0.4, 0.5) is 7.77 Å². The summed E-state index contributed by atoms with van der Waals surface area (Å²) in [5.74, 6) is 0. The van der Waals surface area contributed by atoms with Crippen LogP contribution in [0.5, 0.6) is 0 Å². The molecule has 5 nitrogen and oxygen atoms in total. The van der Waals surface area contributed by atoms with Gasteiger partial charge in [0.05, 0.1) is 0 Å². The summed E-state index contributed by atoms with van der Waals surface area (Å²) >= 11 is 0. The van der Waals surface area contributed by atoms with Gasteiger partial charge in [-0.25, -0.2) is 0 Å². The van der Waals surface area contributed by atoms with E-state index in [-0.39, 0.29) is 73.0 Å². The van der Waals surface area contributed by atoms with Gasteiger partial charge in [-0.05, 0) is 0 Å². The van der Waals surface area contributed by atoms with E-state index < -0.39 is 20.8 Å². The number of nitrogens with one attached hydrogen (secondary N) is 1.